The third-order valence-corrected chi connectivity index (χ3v) is 8.67. The van der Waals surface area contributed by atoms with Crippen LogP contribution < -0.4 is 10.6 Å². The number of carbonyl (C=O) groups excluding carboxylic acids is 1. The number of ether oxygens (including phenoxy) is 2. The summed E-state index contributed by atoms with van der Waals surface area (Å²) in [7, 11) is 5.74. The van der Waals surface area contributed by atoms with Crippen molar-refractivity contribution in [1.82, 2.24) is 30.2 Å². The Labute approximate surface area is 183 Å². The molecule has 2 N–H and O–H groups in total. The zero-order chi connectivity index (χ0) is 21.3. The number of amides is 2. The molecule has 170 valence electrons. The van der Waals surface area contributed by atoms with E-state index >= 15 is 0 Å². The van der Waals surface area contributed by atoms with Gasteiger partial charge in [0, 0.05) is 64.3 Å². The second kappa shape index (κ2) is 7.43. The van der Waals surface area contributed by atoms with Crippen LogP contribution in [0.15, 0.2) is 12.4 Å². The maximum atomic E-state index is 13.5. The summed E-state index contributed by atoms with van der Waals surface area (Å²) in [6.45, 7) is 3.37. The fourth-order valence-corrected chi connectivity index (χ4v) is 7.21. The predicted molar refractivity (Wildman–Crippen MR) is 114 cm³/mol. The minimum atomic E-state index is -0.00849. The van der Waals surface area contributed by atoms with Crippen LogP contribution in [0.3, 0.4) is 0 Å². The summed E-state index contributed by atoms with van der Waals surface area (Å²) in [5, 5.41) is 11.8. The van der Waals surface area contributed by atoms with E-state index in [0.29, 0.717) is 12.5 Å². The first-order chi connectivity index (χ1) is 15.1. The molecule has 0 aromatic carbocycles. The first kappa shape index (κ1) is 20.0. The summed E-state index contributed by atoms with van der Waals surface area (Å²) >= 11 is 0. The van der Waals surface area contributed by atoms with E-state index < -0.39 is 0 Å². The molecule has 9 unspecified atom stereocenters. The summed E-state index contributed by atoms with van der Waals surface area (Å²) in [4.78, 5) is 17.7. The molecule has 0 bridgehead atoms. The van der Waals surface area contributed by atoms with Gasteiger partial charge in [-0.2, -0.15) is 5.10 Å². The Morgan fingerprint density at radius 2 is 2.13 bits per heavy atom. The molecule has 4 saturated heterocycles. The third kappa shape index (κ3) is 2.90. The Balaban J connectivity index is 1.46. The molecule has 4 aliphatic heterocycles. The average Bonchev–Trinajstić information content (AvgIpc) is 3.31. The van der Waals surface area contributed by atoms with Gasteiger partial charge in [0.2, 0.25) is 0 Å². The number of methoxy groups -OCH3 is 1. The van der Waals surface area contributed by atoms with E-state index in [0.717, 1.165) is 32.5 Å². The molecule has 9 nitrogen and oxygen atoms in total. The Kier molecular flexibility index (Phi) is 4.79. The fraction of sp³-hybridized carbons (Fsp3) is 0.818. The molecule has 31 heavy (non-hydrogen) atoms. The van der Waals surface area contributed by atoms with Gasteiger partial charge < -0.3 is 29.9 Å². The standard InChI is InChI=1S/C22H34N6O3/c1-26-10-13(7-25-26)18-17(30-3)6-14-19-20-16(9-24-14)27(2)22(29)28(20)15-8-23-5-4-12(15)11-31-21(18)19/h7,10,12,14-21,23-24H,4-6,8-9,11H2,1-3H3. The average molecular weight is 431 g/mol. The van der Waals surface area contributed by atoms with Crippen molar-refractivity contribution in [2.45, 2.75) is 55.1 Å². The summed E-state index contributed by atoms with van der Waals surface area (Å²) < 4.78 is 14.8. The summed E-state index contributed by atoms with van der Waals surface area (Å²) in [6, 6.07) is 1.01. The second-order valence-corrected chi connectivity index (χ2v) is 10.1. The van der Waals surface area contributed by atoms with Crippen molar-refractivity contribution in [3.8, 4) is 0 Å². The van der Waals surface area contributed by atoms with Crippen molar-refractivity contribution in [2.24, 2.45) is 18.9 Å². The van der Waals surface area contributed by atoms with Crippen LogP contribution in [0.25, 0.3) is 0 Å². The Bertz CT molecular complexity index is 847. The lowest BCUT2D eigenvalue weighted by molar-refractivity contribution is -0.146. The normalized spacial score (nSPS) is 44.5. The van der Waals surface area contributed by atoms with Crippen molar-refractivity contribution in [3.63, 3.8) is 0 Å². The van der Waals surface area contributed by atoms with E-state index in [1.165, 1.54) is 5.56 Å². The maximum absolute atomic E-state index is 13.5. The van der Waals surface area contributed by atoms with Crippen molar-refractivity contribution in [2.75, 3.05) is 40.4 Å². The smallest absolute Gasteiger partial charge is 0.320 e. The highest BCUT2D eigenvalue weighted by atomic mass is 16.5. The first-order valence-corrected chi connectivity index (χ1v) is 11.7. The third-order valence-electron chi connectivity index (χ3n) is 8.67. The number of fused-ring (bicyclic) bond motifs is 2. The number of carbonyl (C=O) groups is 1. The van der Waals surface area contributed by atoms with Crippen LogP contribution in [0.5, 0.6) is 0 Å². The Morgan fingerprint density at radius 1 is 1.26 bits per heavy atom. The maximum Gasteiger partial charge on any atom is 0.320 e. The van der Waals surface area contributed by atoms with E-state index in [-0.39, 0.29) is 54.2 Å². The lowest BCUT2D eigenvalue weighted by atomic mass is 9.65. The van der Waals surface area contributed by atoms with Crippen LogP contribution in [-0.4, -0.2) is 102 Å². The van der Waals surface area contributed by atoms with E-state index in [9.17, 15) is 4.79 Å². The Morgan fingerprint density at radius 3 is 2.90 bits per heavy atom. The van der Waals surface area contributed by atoms with E-state index in [4.69, 9.17) is 9.47 Å². The van der Waals surface area contributed by atoms with Gasteiger partial charge in [-0.05, 0) is 24.9 Å². The number of nitrogens with zero attached hydrogens (tertiary/aromatic N) is 4. The van der Waals surface area contributed by atoms with Crippen molar-refractivity contribution in [1.29, 1.82) is 0 Å². The number of hydrogen-bond donors (Lipinski definition) is 2. The number of likely N-dealkylation sites (N-methyl/N-ethyl adjacent to an activating group) is 1. The molecular formula is C22H34N6O3. The molecule has 6 rings (SSSR count). The molecule has 1 aliphatic carbocycles. The SMILES string of the molecule is COC1CC2NCC3C4C2C(OCC2CCNCC2N4C(=O)N3C)C1c1cnn(C)c1. The molecule has 5 aliphatic rings. The number of rotatable bonds is 2. The van der Waals surface area contributed by atoms with E-state index in [1.54, 1.807) is 0 Å². The molecule has 5 heterocycles. The highest BCUT2D eigenvalue weighted by Crippen LogP contribution is 2.49. The molecule has 5 fully saturated rings. The van der Waals surface area contributed by atoms with Crippen molar-refractivity contribution >= 4 is 6.03 Å². The van der Waals surface area contributed by atoms with Crippen LogP contribution in [0, 0.1) is 11.8 Å². The van der Waals surface area contributed by atoms with Crippen LogP contribution in [0.2, 0.25) is 0 Å². The number of nitrogens with one attached hydrogen (secondary N) is 2. The number of piperidine rings is 2. The highest BCUT2D eigenvalue weighted by Gasteiger charge is 2.61. The lowest BCUT2D eigenvalue weighted by Crippen LogP contribution is -2.70. The molecule has 0 radical (unpaired) electrons. The number of aryl methyl sites for hydroxylation is 1. The highest BCUT2D eigenvalue weighted by molar-refractivity contribution is 5.78. The van der Waals surface area contributed by atoms with Gasteiger partial charge >= 0.3 is 6.03 Å². The van der Waals surface area contributed by atoms with E-state index in [1.807, 2.05) is 37.0 Å². The van der Waals surface area contributed by atoms with Gasteiger partial charge in [0.1, 0.15) is 0 Å². The van der Waals surface area contributed by atoms with Gasteiger partial charge in [-0.25, -0.2) is 4.79 Å². The number of aromatic nitrogens is 2. The fourth-order valence-electron chi connectivity index (χ4n) is 7.21. The predicted octanol–water partition coefficient (Wildman–Crippen LogP) is -0.00810. The Hall–Kier alpha value is -1.68. The molecule has 0 spiro atoms. The topological polar surface area (TPSA) is 83.9 Å². The monoisotopic (exact) mass is 430 g/mol. The van der Waals surface area contributed by atoms with Crippen molar-refractivity contribution < 1.29 is 14.3 Å². The molecule has 1 aromatic heterocycles. The molecule has 9 atom stereocenters. The largest absolute Gasteiger partial charge is 0.381 e. The molecular weight excluding hydrogens is 396 g/mol. The minimum absolute atomic E-state index is 0.00849. The van der Waals surface area contributed by atoms with Gasteiger partial charge in [0.25, 0.3) is 0 Å². The second-order valence-electron chi connectivity index (χ2n) is 10.1. The molecule has 1 aromatic rings. The minimum Gasteiger partial charge on any atom is -0.381 e. The summed E-state index contributed by atoms with van der Waals surface area (Å²) in [6.07, 6.45) is 6.08. The van der Waals surface area contributed by atoms with Crippen LogP contribution in [0.1, 0.15) is 24.3 Å². The lowest BCUT2D eigenvalue weighted by Gasteiger charge is -2.56. The zero-order valence-corrected chi connectivity index (χ0v) is 18.6. The number of hydrogen-bond acceptors (Lipinski definition) is 6. The number of urea groups is 1. The van der Waals surface area contributed by atoms with Gasteiger partial charge in [-0.3, -0.25) is 4.68 Å². The van der Waals surface area contributed by atoms with Gasteiger partial charge in [0.05, 0.1) is 43.1 Å². The van der Waals surface area contributed by atoms with Crippen LogP contribution >= 0.6 is 0 Å². The van der Waals surface area contributed by atoms with Crippen molar-refractivity contribution in [3.05, 3.63) is 18.0 Å². The van der Waals surface area contributed by atoms with E-state index in [2.05, 4.69) is 26.8 Å². The van der Waals surface area contributed by atoms with Crippen LogP contribution in [0.4, 0.5) is 4.79 Å². The van der Waals surface area contributed by atoms with Gasteiger partial charge in [-0.1, -0.05) is 0 Å². The molecule has 9 heteroatoms. The molecule has 2 amide bonds. The van der Waals surface area contributed by atoms with Gasteiger partial charge in [-0.15, -0.1) is 0 Å². The van der Waals surface area contributed by atoms with Crippen LogP contribution in [-0.2, 0) is 16.5 Å². The van der Waals surface area contributed by atoms with Gasteiger partial charge in [0.15, 0.2) is 0 Å². The summed E-state index contributed by atoms with van der Waals surface area (Å²) in [5.41, 5.74) is 1.17. The first-order valence-electron chi connectivity index (χ1n) is 11.7. The molecule has 1 saturated carbocycles. The summed E-state index contributed by atoms with van der Waals surface area (Å²) in [5.74, 6) is 0.706. The zero-order valence-electron chi connectivity index (χ0n) is 18.6. The quantitative estimate of drug-likeness (QED) is 0.687.